The molecule has 2 nitrogen and oxygen atoms in total. The predicted molar refractivity (Wildman–Crippen MR) is 89.8 cm³/mol. The summed E-state index contributed by atoms with van der Waals surface area (Å²) < 4.78 is 5.94. The second-order valence-electron chi connectivity index (χ2n) is 6.51. The zero-order valence-electron chi connectivity index (χ0n) is 13.2. The molecule has 0 spiro atoms. The van der Waals surface area contributed by atoms with Crippen LogP contribution in [0, 0.1) is 5.41 Å². The molecule has 21 heavy (non-hydrogen) atoms. The summed E-state index contributed by atoms with van der Waals surface area (Å²) in [7, 11) is 0. The molecule has 112 valence electrons. The zero-order valence-corrected chi connectivity index (χ0v) is 13.2. The number of benzene rings is 2. The molecule has 0 aliphatic carbocycles. The Labute approximate surface area is 128 Å². The van der Waals surface area contributed by atoms with Crippen molar-refractivity contribution in [1.29, 1.82) is 0 Å². The third-order valence-electron chi connectivity index (χ3n) is 3.31. The largest absolute Gasteiger partial charge is 0.487 e. The van der Waals surface area contributed by atoms with Crippen molar-refractivity contribution in [3.63, 3.8) is 0 Å². The number of anilines is 1. The Balaban J connectivity index is 1.93. The van der Waals surface area contributed by atoms with Gasteiger partial charge in [-0.05, 0) is 29.5 Å². The van der Waals surface area contributed by atoms with Gasteiger partial charge in [0.25, 0.3) is 0 Å². The Hall–Kier alpha value is -1.96. The van der Waals surface area contributed by atoms with E-state index in [1.807, 2.05) is 36.4 Å². The smallest absolute Gasteiger partial charge is 0.142 e. The van der Waals surface area contributed by atoms with Crippen LogP contribution in [0.1, 0.15) is 32.8 Å². The summed E-state index contributed by atoms with van der Waals surface area (Å²) in [5, 5.41) is 3.48. The van der Waals surface area contributed by atoms with E-state index >= 15 is 0 Å². The van der Waals surface area contributed by atoms with Crippen LogP contribution in [-0.4, -0.2) is 6.54 Å². The number of nitrogens with one attached hydrogen (secondary N) is 1. The summed E-state index contributed by atoms with van der Waals surface area (Å²) in [4.78, 5) is 0. The molecule has 0 amide bonds. The lowest BCUT2D eigenvalue weighted by atomic mass is 9.92. The van der Waals surface area contributed by atoms with Crippen molar-refractivity contribution in [2.45, 2.75) is 33.8 Å². The number of hydrogen-bond acceptors (Lipinski definition) is 2. The third kappa shape index (κ3) is 5.50. The van der Waals surface area contributed by atoms with Crippen LogP contribution in [0.25, 0.3) is 0 Å². The van der Waals surface area contributed by atoms with Gasteiger partial charge in [-0.2, -0.15) is 0 Å². The van der Waals surface area contributed by atoms with Crippen LogP contribution in [0.2, 0.25) is 0 Å². The average Bonchev–Trinajstić information content (AvgIpc) is 2.46. The first-order chi connectivity index (χ1) is 10.0. The minimum atomic E-state index is 0.340. The molecule has 0 saturated heterocycles. The molecular weight excluding hydrogens is 258 g/mol. The van der Waals surface area contributed by atoms with E-state index in [1.54, 1.807) is 0 Å². The average molecular weight is 283 g/mol. The van der Waals surface area contributed by atoms with Gasteiger partial charge < -0.3 is 10.1 Å². The van der Waals surface area contributed by atoms with Crippen LogP contribution in [0.5, 0.6) is 5.75 Å². The second-order valence-corrected chi connectivity index (χ2v) is 6.51. The molecule has 2 aromatic carbocycles. The molecule has 2 rings (SSSR count). The minimum Gasteiger partial charge on any atom is -0.487 e. The molecule has 0 fully saturated rings. The molecule has 2 heteroatoms. The number of hydrogen-bond donors (Lipinski definition) is 1. The van der Waals surface area contributed by atoms with E-state index in [0.29, 0.717) is 12.0 Å². The van der Waals surface area contributed by atoms with E-state index in [-0.39, 0.29) is 0 Å². The second kappa shape index (κ2) is 7.16. The first kappa shape index (κ1) is 15.4. The number of rotatable bonds is 6. The first-order valence-corrected chi connectivity index (χ1v) is 7.54. The van der Waals surface area contributed by atoms with Crippen LogP contribution in [0.15, 0.2) is 54.6 Å². The van der Waals surface area contributed by atoms with E-state index in [1.165, 1.54) is 5.56 Å². The van der Waals surface area contributed by atoms with Crippen molar-refractivity contribution in [3.8, 4) is 5.75 Å². The molecule has 0 radical (unpaired) electrons. The van der Waals surface area contributed by atoms with Gasteiger partial charge in [0, 0.05) is 6.54 Å². The van der Waals surface area contributed by atoms with Crippen molar-refractivity contribution in [1.82, 2.24) is 0 Å². The Bertz CT molecular complexity index is 543. The van der Waals surface area contributed by atoms with Gasteiger partial charge in [-0.1, -0.05) is 63.2 Å². The van der Waals surface area contributed by atoms with Gasteiger partial charge in [-0.25, -0.2) is 0 Å². The molecule has 0 unspecified atom stereocenters. The minimum absolute atomic E-state index is 0.340. The van der Waals surface area contributed by atoms with Crippen LogP contribution in [0.4, 0.5) is 5.69 Å². The van der Waals surface area contributed by atoms with E-state index in [2.05, 4.69) is 44.3 Å². The monoisotopic (exact) mass is 283 g/mol. The highest BCUT2D eigenvalue weighted by atomic mass is 16.5. The van der Waals surface area contributed by atoms with Crippen LogP contribution in [-0.2, 0) is 6.61 Å². The number of ether oxygens (including phenoxy) is 1. The maximum atomic E-state index is 5.94. The SMILES string of the molecule is CC(C)(C)CCNc1ccccc1OCc1ccccc1. The summed E-state index contributed by atoms with van der Waals surface area (Å²) >= 11 is 0. The lowest BCUT2D eigenvalue weighted by Gasteiger charge is -2.19. The molecule has 0 aliphatic heterocycles. The summed E-state index contributed by atoms with van der Waals surface area (Å²) in [5.74, 6) is 0.912. The lowest BCUT2D eigenvalue weighted by molar-refractivity contribution is 0.307. The maximum Gasteiger partial charge on any atom is 0.142 e. The molecule has 0 saturated carbocycles. The molecule has 1 N–H and O–H groups in total. The topological polar surface area (TPSA) is 21.3 Å². The Morgan fingerprint density at radius 1 is 0.905 bits per heavy atom. The highest BCUT2D eigenvalue weighted by molar-refractivity contribution is 5.56. The summed E-state index contributed by atoms with van der Waals surface area (Å²) in [5.41, 5.74) is 2.59. The zero-order chi connectivity index (χ0) is 15.1. The standard InChI is InChI=1S/C19H25NO/c1-19(2,3)13-14-20-17-11-7-8-12-18(17)21-15-16-9-5-4-6-10-16/h4-12,20H,13-15H2,1-3H3. The van der Waals surface area contributed by atoms with Crippen LogP contribution < -0.4 is 10.1 Å². The van der Waals surface area contributed by atoms with E-state index in [9.17, 15) is 0 Å². The maximum absolute atomic E-state index is 5.94. The Morgan fingerprint density at radius 3 is 2.29 bits per heavy atom. The van der Waals surface area contributed by atoms with Crippen molar-refractivity contribution in [2.24, 2.45) is 5.41 Å². The van der Waals surface area contributed by atoms with Crippen molar-refractivity contribution >= 4 is 5.69 Å². The summed E-state index contributed by atoms with van der Waals surface area (Å²) in [6.07, 6.45) is 1.13. The van der Waals surface area contributed by atoms with Gasteiger partial charge in [0.15, 0.2) is 0 Å². The van der Waals surface area contributed by atoms with E-state index < -0.39 is 0 Å². The van der Waals surface area contributed by atoms with Gasteiger partial charge >= 0.3 is 0 Å². The fraction of sp³-hybridized carbons (Fsp3) is 0.368. The van der Waals surface area contributed by atoms with Crippen molar-refractivity contribution in [2.75, 3.05) is 11.9 Å². The van der Waals surface area contributed by atoms with Gasteiger partial charge in [0.05, 0.1) is 5.69 Å². The third-order valence-corrected chi connectivity index (χ3v) is 3.31. The first-order valence-electron chi connectivity index (χ1n) is 7.54. The van der Waals surface area contributed by atoms with Gasteiger partial charge in [-0.3, -0.25) is 0 Å². The quantitative estimate of drug-likeness (QED) is 0.795. The van der Waals surface area contributed by atoms with Gasteiger partial charge in [-0.15, -0.1) is 0 Å². The van der Waals surface area contributed by atoms with Gasteiger partial charge in [0.1, 0.15) is 12.4 Å². The fourth-order valence-corrected chi connectivity index (χ4v) is 2.05. The predicted octanol–water partition coefficient (Wildman–Crippen LogP) is 5.11. The van der Waals surface area contributed by atoms with Crippen molar-refractivity contribution < 1.29 is 4.74 Å². The molecular formula is C19H25NO. The summed E-state index contributed by atoms with van der Waals surface area (Å²) in [6.45, 7) is 8.32. The highest BCUT2D eigenvalue weighted by Gasteiger charge is 2.10. The Kier molecular flexibility index (Phi) is 5.26. The molecule has 0 aliphatic rings. The normalized spacial score (nSPS) is 11.2. The summed E-state index contributed by atoms with van der Waals surface area (Å²) in [6, 6.07) is 18.4. The molecule has 0 bridgehead atoms. The lowest BCUT2D eigenvalue weighted by Crippen LogP contribution is -2.13. The van der Waals surface area contributed by atoms with E-state index in [0.717, 1.165) is 24.4 Å². The Morgan fingerprint density at radius 2 is 1.57 bits per heavy atom. The highest BCUT2D eigenvalue weighted by Crippen LogP contribution is 2.26. The molecule has 2 aromatic rings. The van der Waals surface area contributed by atoms with Crippen LogP contribution >= 0.6 is 0 Å². The fourth-order valence-electron chi connectivity index (χ4n) is 2.05. The number of para-hydroxylation sites is 2. The van der Waals surface area contributed by atoms with Crippen molar-refractivity contribution in [3.05, 3.63) is 60.2 Å². The molecule has 0 aromatic heterocycles. The van der Waals surface area contributed by atoms with Gasteiger partial charge in [0.2, 0.25) is 0 Å². The van der Waals surface area contributed by atoms with E-state index in [4.69, 9.17) is 4.74 Å². The van der Waals surface area contributed by atoms with Crippen LogP contribution in [0.3, 0.4) is 0 Å². The molecule has 0 heterocycles. The molecule has 0 atom stereocenters.